The third-order valence-electron chi connectivity index (χ3n) is 2.94. The molecule has 1 aromatic carbocycles. The molecule has 2 aromatic rings. The lowest BCUT2D eigenvalue weighted by Gasteiger charge is -2.08. The first-order chi connectivity index (χ1) is 8.63. The molecule has 0 saturated carbocycles. The standard InChI is InChI=1S/C15H16NO2/c1-11-6-4-5-7-12(11)13-8-9-16(2)10-14(13)15(17)18-3/h4-10H,1-3H3/q+1. The number of rotatable bonds is 2. The van der Waals surface area contributed by atoms with E-state index in [1.807, 2.05) is 55.1 Å². The van der Waals surface area contributed by atoms with E-state index in [1.54, 1.807) is 6.20 Å². The minimum atomic E-state index is -0.315. The molecule has 0 aliphatic carbocycles. The summed E-state index contributed by atoms with van der Waals surface area (Å²) in [4.78, 5) is 11.8. The van der Waals surface area contributed by atoms with Gasteiger partial charge in [0.25, 0.3) is 0 Å². The fourth-order valence-corrected chi connectivity index (χ4v) is 1.98. The van der Waals surface area contributed by atoms with Crippen molar-refractivity contribution in [3.05, 3.63) is 53.9 Å². The second-order valence-corrected chi connectivity index (χ2v) is 4.24. The number of carbonyl (C=O) groups is 1. The molecule has 1 heterocycles. The van der Waals surface area contributed by atoms with Crippen molar-refractivity contribution >= 4 is 5.97 Å². The lowest BCUT2D eigenvalue weighted by atomic mass is 9.97. The Labute approximate surface area is 107 Å². The predicted octanol–water partition coefficient (Wildman–Crippen LogP) is 2.27. The van der Waals surface area contributed by atoms with Gasteiger partial charge < -0.3 is 4.74 Å². The average Bonchev–Trinajstić information content (AvgIpc) is 2.39. The van der Waals surface area contributed by atoms with Crippen LogP contribution in [0.2, 0.25) is 0 Å². The van der Waals surface area contributed by atoms with Gasteiger partial charge in [-0.25, -0.2) is 9.36 Å². The van der Waals surface area contributed by atoms with Crippen LogP contribution >= 0.6 is 0 Å². The summed E-state index contributed by atoms with van der Waals surface area (Å²) in [6, 6.07) is 9.94. The van der Waals surface area contributed by atoms with Crippen LogP contribution in [-0.2, 0) is 11.8 Å². The average molecular weight is 242 g/mol. The molecule has 0 saturated heterocycles. The number of esters is 1. The van der Waals surface area contributed by atoms with Crippen molar-refractivity contribution < 1.29 is 14.1 Å². The molecule has 0 amide bonds. The van der Waals surface area contributed by atoms with Crippen molar-refractivity contribution in [2.75, 3.05) is 7.11 Å². The summed E-state index contributed by atoms with van der Waals surface area (Å²) in [6.45, 7) is 2.03. The molecule has 3 heteroatoms. The quantitative estimate of drug-likeness (QED) is 0.597. The van der Waals surface area contributed by atoms with Gasteiger partial charge in [-0.3, -0.25) is 0 Å². The van der Waals surface area contributed by atoms with Crippen LogP contribution in [0.1, 0.15) is 15.9 Å². The summed E-state index contributed by atoms with van der Waals surface area (Å²) in [6.07, 6.45) is 3.71. The monoisotopic (exact) mass is 242 g/mol. The Morgan fingerprint density at radius 1 is 1.17 bits per heavy atom. The molecule has 0 bridgehead atoms. The number of pyridine rings is 1. The van der Waals surface area contributed by atoms with Crippen LogP contribution in [0.5, 0.6) is 0 Å². The minimum absolute atomic E-state index is 0.315. The van der Waals surface area contributed by atoms with Gasteiger partial charge in [0.1, 0.15) is 12.6 Å². The second kappa shape index (κ2) is 5.00. The van der Waals surface area contributed by atoms with E-state index in [0.717, 1.165) is 16.7 Å². The molecule has 3 nitrogen and oxygen atoms in total. The Morgan fingerprint density at radius 3 is 2.56 bits per heavy atom. The highest BCUT2D eigenvalue weighted by atomic mass is 16.5. The maximum Gasteiger partial charge on any atom is 0.344 e. The van der Waals surface area contributed by atoms with E-state index in [1.165, 1.54) is 7.11 Å². The number of benzene rings is 1. The zero-order chi connectivity index (χ0) is 13.1. The molecule has 2 rings (SSSR count). The summed E-state index contributed by atoms with van der Waals surface area (Å²) < 4.78 is 6.68. The van der Waals surface area contributed by atoms with Gasteiger partial charge in [0.15, 0.2) is 12.4 Å². The molecular formula is C15H16NO2+. The van der Waals surface area contributed by atoms with Crippen molar-refractivity contribution in [2.24, 2.45) is 7.05 Å². The first-order valence-electron chi connectivity index (χ1n) is 5.77. The van der Waals surface area contributed by atoms with Gasteiger partial charge in [0, 0.05) is 11.6 Å². The SMILES string of the molecule is COC(=O)c1c[n+](C)ccc1-c1ccccc1C. The largest absolute Gasteiger partial charge is 0.465 e. The summed E-state index contributed by atoms with van der Waals surface area (Å²) in [7, 11) is 3.28. The van der Waals surface area contributed by atoms with E-state index in [2.05, 4.69) is 0 Å². The Hall–Kier alpha value is -2.16. The molecule has 0 atom stereocenters. The molecule has 0 aliphatic rings. The van der Waals surface area contributed by atoms with Gasteiger partial charge in [0.2, 0.25) is 0 Å². The molecule has 0 radical (unpaired) electrons. The van der Waals surface area contributed by atoms with Gasteiger partial charge in [-0.15, -0.1) is 0 Å². The molecule has 0 N–H and O–H groups in total. The molecule has 0 fully saturated rings. The maximum atomic E-state index is 11.8. The van der Waals surface area contributed by atoms with Crippen molar-refractivity contribution in [2.45, 2.75) is 6.92 Å². The van der Waals surface area contributed by atoms with E-state index in [4.69, 9.17) is 4.74 Å². The number of carbonyl (C=O) groups excluding carboxylic acids is 1. The lowest BCUT2D eigenvalue weighted by molar-refractivity contribution is -0.671. The fourth-order valence-electron chi connectivity index (χ4n) is 1.98. The summed E-state index contributed by atoms with van der Waals surface area (Å²) in [5.41, 5.74) is 3.67. The molecule has 0 aliphatic heterocycles. The highest BCUT2D eigenvalue weighted by molar-refractivity contribution is 5.96. The van der Waals surface area contributed by atoms with Crippen molar-refractivity contribution in [1.29, 1.82) is 0 Å². The first kappa shape index (κ1) is 12.3. The maximum absolute atomic E-state index is 11.8. The number of hydrogen-bond acceptors (Lipinski definition) is 2. The van der Waals surface area contributed by atoms with Crippen LogP contribution in [0.15, 0.2) is 42.7 Å². The number of nitrogens with zero attached hydrogens (tertiary/aromatic N) is 1. The zero-order valence-corrected chi connectivity index (χ0v) is 10.8. The third kappa shape index (κ3) is 2.25. The van der Waals surface area contributed by atoms with Crippen LogP contribution in [-0.4, -0.2) is 13.1 Å². The third-order valence-corrected chi connectivity index (χ3v) is 2.94. The highest BCUT2D eigenvalue weighted by Gasteiger charge is 2.18. The first-order valence-corrected chi connectivity index (χ1v) is 5.77. The van der Waals surface area contributed by atoms with E-state index in [9.17, 15) is 4.79 Å². The van der Waals surface area contributed by atoms with Crippen molar-refractivity contribution in [1.82, 2.24) is 0 Å². The Kier molecular flexibility index (Phi) is 3.42. The molecule has 1 aromatic heterocycles. The van der Waals surface area contributed by atoms with Gasteiger partial charge in [-0.2, -0.15) is 0 Å². The number of aromatic nitrogens is 1. The molecule has 0 unspecified atom stereocenters. The van der Waals surface area contributed by atoms with Crippen molar-refractivity contribution in [3.8, 4) is 11.1 Å². The van der Waals surface area contributed by atoms with Gasteiger partial charge in [0.05, 0.1) is 7.11 Å². The van der Waals surface area contributed by atoms with E-state index < -0.39 is 0 Å². The minimum Gasteiger partial charge on any atom is -0.465 e. The van der Waals surface area contributed by atoms with Crippen LogP contribution in [0.25, 0.3) is 11.1 Å². The fraction of sp³-hybridized carbons (Fsp3) is 0.200. The zero-order valence-electron chi connectivity index (χ0n) is 10.8. The smallest absolute Gasteiger partial charge is 0.344 e. The lowest BCUT2D eigenvalue weighted by Crippen LogP contribution is -2.28. The van der Waals surface area contributed by atoms with Crippen LogP contribution in [0, 0.1) is 6.92 Å². The molecule has 0 spiro atoms. The number of hydrogen-bond donors (Lipinski definition) is 0. The van der Waals surface area contributed by atoms with Crippen LogP contribution < -0.4 is 4.57 Å². The predicted molar refractivity (Wildman–Crippen MR) is 69.1 cm³/mol. The van der Waals surface area contributed by atoms with Gasteiger partial charge in [-0.05, 0) is 18.1 Å². The second-order valence-electron chi connectivity index (χ2n) is 4.24. The molecule has 92 valence electrons. The van der Waals surface area contributed by atoms with E-state index in [-0.39, 0.29) is 5.97 Å². The number of aryl methyl sites for hydroxylation is 2. The number of methoxy groups -OCH3 is 1. The van der Waals surface area contributed by atoms with Crippen molar-refractivity contribution in [3.63, 3.8) is 0 Å². The normalized spacial score (nSPS) is 10.2. The summed E-state index contributed by atoms with van der Waals surface area (Å²) >= 11 is 0. The Balaban J connectivity index is 2.64. The molecular weight excluding hydrogens is 226 g/mol. The summed E-state index contributed by atoms with van der Waals surface area (Å²) in [5, 5.41) is 0. The van der Waals surface area contributed by atoms with Crippen LogP contribution in [0.4, 0.5) is 0 Å². The Morgan fingerprint density at radius 2 is 1.89 bits per heavy atom. The van der Waals surface area contributed by atoms with E-state index in [0.29, 0.717) is 5.56 Å². The van der Waals surface area contributed by atoms with E-state index >= 15 is 0 Å². The topological polar surface area (TPSA) is 30.2 Å². The van der Waals surface area contributed by atoms with Crippen LogP contribution in [0.3, 0.4) is 0 Å². The Bertz CT molecular complexity index is 591. The van der Waals surface area contributed by atoms with Gasteiger partial charge in [-0.1, -0.05) is 24.3 Å². The highest BCUT2D eigenvalue weighted by Crippen LogP contribution is 2.26. The molecule has 18 heavy (non-hydrogen) atoms. The number of ether oxygens (including phenoxy) is 1. The summed E-state index contributed by atoms with van der Waals surface area (Å²) in [5.74, 6) is -0.315. The van der Waals surface area contributed by atoms with Gasteiger partial charge >= 0.3 is 5.97 Å².